The van der Waals surface area contributed by atoms with Crippen LogP contribution in [0.15, 0.2) is 64.2 Å². The monoisotopic (exact) mass is 889 g/mol. The van der Waals surface area contributed by atoms with Crippen LogP contribution in [-0.4, -0.2) is 130 Å². The van der Waals surface area contributed by atoms with E-state index < -0.39 is 5.91 Å². The first-order valence-electron chi connectivity index (χ1n) is 20.5. The highest BCUT2D eigenvalue weighted by molar-refractivity contribution is 6.43. The molecule has 20 nitrogen and oxygen atoms in total. The van der Waals surface area contributed by atoms with Gasteiger partial charge >= 0.3 is 0 Å². The number of benzene rings is 2. The van der Waals surface area contributed by atoms with E-state index in [1.165, 1.54) is 20.2 Å². The first kappa shape index (κ1) is 55.1. The van der Waals surface area contributed by atoms with E-state index in [2.05, 4.69) is 48.6 Å². The summed E-state index contributed by atoms with van der Waals surface area (Å²) in [5, 5.41) is 12.0. The van der Waals surface area contributed by atoms with E-state index in [0.29, 0.717) is 102 Å². The van der Waals surface area contributed by atoms with Crippen molar-refractivity contribution in [1.82, 2.24) is 35.1 Å². The molecule has 0 aliphatic carbocycles. The normalized spacial score (nSPS) is 11.1. The summed E-state index contributed by atoms with van der Waals surface area (Å²) in [5.74, 6) is 1.11. The fraction of sp³-hybridized carbons (Fsp3) is 0.409. The number of rotatable bonds is 22. The number of imidazole rings is 1. The number of anilines is 3. The van der Waals surface area contributed by atoms with Gasteiger partial charge in [-0.3, -0.25) is 39.5 Å². The van der Waals surface area contributed by atoms with Crippen molar-refractivity contribution in [1.29, 1.82) is 0 Å². The molecule has 1 amide bonds. The number of nitrogen functional groups attached to an aromatic ring is 1. The number of nitrogens with one attached hydrogen (secondary N) is 3. The molecule has 0 fully saturated rings. The largest absolute Gasteiger partial charge is 0.494 e. The lowest BCUT2D eigenvalue weighted by molar-refractivity contribution is -0.114. The third kappa shape index (κ3) is 17.5. The number of nitrogens with two attached hydrogens (primary N) is 3. The molecule has 0 saturated heterocycles. The molecule has 0 bridgehead atoms. The van der Waals surface area contributed by atoms with Crippen molar-refractivity contribution in [3.8, 4) is 11.5 Å². The van der Waals surface area contributed by atoms with Gasteiger partial charge in [0.15, 0.2) is 6.29 Å². The highest BCUT2D eigenvalue weighted by atomic mass is 16.5. The van der Waals surface area contributed by atoms with Gasteiger partial charge in [0.05, 0.1) is 37.3 Å². The van der Waals surface area contributed by atoms with Gasteiger partial charge in [-0.1, -0.05) is 12.2 Å². The van der Waals surface area contributed by atoms with Crippen LogP contribution >= 0.6 is 0 Å². The molecular formula is C44H68N14O6. The molecule has 0 spiro atoms. The lowest BCUT2D eigenvalue weighted by Gasteiger charge is -2.27. The van der Waals surface area contributed by atoms with E-state index in [4.69, 9.17) is 20.9 Å². The van der Waals surface area contributed by atoms with Gasteiger partial charge in [-0.25, -0.2) is 4.98 Å². The summed E-state index contributed by atoms with van der Waals surface area (Å²) in [6, 6.07) is 8.48. The maximum Gasteiger partial charge on any atom is 0.270 e. The molecule has 9 N–H and O–H groups in total. The third-order valence-corrected chi connectivity index (χ3v) is 8.63. The zero-order valence-corrected chi connectivity index (χ0v) is 39.0. The summed E-state index contributed by atoms with van der Waals surface area (Å²) < 4.78 is 15.3. The Labute approximate surface area is 376 Å². The minimum absolute atomic E-state index is 0.0647. The maximum atomic E-state index is 13.1. The lowest BCUT2D eigenvalue weighted by atomic mass is 10.2. The summed E-state index contributed by atoms with van der Waals surface area (Å²) in [6.45, 7) is 13.3. The van der Waals surface area contributed by atoms with Gasteiger partial charge in [-0.2, -0.15) is 5.10 Å². The number of amides is 1. The number of aryl methyl sites for hydroxylation is 2. The average Bonchev–Trinajstić information content (AvgIpc) is 3.86. The Balaban J connectivity index is 0.00000101. The third-order valence-electron chi connectivity index (χ3n) is 8.63. The molecule has 64 heavy (non-hydrogen) atoms. The van der Waals surface area contributed by atoms with E-state index in [1.54, 1.807) is 49.0 Å². The van der Waals surface area contributed by atoms with Crippen LogP contribution in [0, 0.1) is 6.92 Å². The van der Waals surface area contributed by atoms with Crippen molar-refractivity contribution in [2.24, 2.45) is 21.5 Å². The first-order chi connectivity index (χ1) is 30.7. The zero-order valence-electron chi connectivity index (χ0n) is 39.0. The van der Waals surface area contributed by atoms with E-state index in [-0.39, 0.29) is 12.4 Å². The van der Waals surface area contributed by atoms with Crippen LogP contribution in [-0.2, 0) is 22.7 Å². The topological polar surface area (TPSA) is 268 Å². The minimum atomic E-state index is -0.396. The minimum Gasteiger partial charge on any atom is -0.494 e. The Morgan fingerprint density at radius 3 is 2.27 bits per heavy atom. The van der Waals surface area contributed by atoms with Crippen molar-refractivity contribution in [2.75, 3.05) is 84.7 Å². The van der Waals surface area contributed by atoms with E-state index in [9.17, 15) is 19.2 Å². The number of aldehydes is 3. The molecule has 0 saturated carbocycles. The molecule has 2 aromatic heterocycles. The summed E-state index contributed by atoms with van der Waals surface area (Å²) in [6.07, 6.45) is 8.71. The van der Waals surface area contributed by atoms with Crippen molar-refractivity contribution >= 4 is 71.2 Å². The number of carbonyl (C=O) groups excluding carboxylic acids is 4. The van der Waals surface area contributed by atoms with E-state index >= 15 is 0 Å². The van der Waals surface area contributed by atoms with Crippen LogP contribution in [0.4, 0.5) is 23.0 Å². The average molecular weight is 889 g/mol. The molecule has 0 aliphatic heterocycles. The predicted molar refractivity (Wildman–Crippen MR) is 258 cm³/mol. The number of aromatic nitrogens is 4. The fourth-order valence-electron chi connectivity index (χ4n) is 5.71. The molecule has 4 aromatic rings. The standard InChI is InChI=1S/C33H43N9O5.C7H10N2O.C3H10N2.CH5N/c1-6-38-27(15-22(2)34)32(45)39-21-41(30-25(36-3)18-24(35)19-28(30)46-5)11-7-8-12-42-31-26(40-33(42)37-4)16-23(20-44)17-29(31)47-14-10-9-13-43;1-3-9-7(5-10)4-6(2)8-9;1-4-5(2)3;1-2/h7-8,13,15-20H,3,6,9-12,14,21,34-35H2,1-2,4-5H3,(H,37,40)(H,39,45);4-5H,3H2,1-2H3;4H,1-3H3;2H2,1H3/b8-7+,22-15-,38-27?;;;. The number of fused-ring (bicyclic) bond motifs is 1. The van der Waals surface area contributed by atoms with Crippen LogP contribution in [0.5, 0.6) is 11.5 Å². The van der Waals surface area contributed by atoms with Gasteiger partial charge < -0.3 is 51.6 Å². The molecule has 2 heterocycles. The SMILES string of the molecule is C=Nc1cc(N)cc(OC)c1N(C/C=C/Cn1c(NC)nc2cc(C=O)cc(OCCCC=O)c21)CNC(=O)C(/C=C(/C)N)=NCC.CCn1nc(C)cc1C=O.CN.CNN(C)C. The van der Waals surface area contributed by atoms with Gasteiger partial charge in [0.1, 0.15) is 46.7 Å². The number of nitrogens with zero attached hydrogens (tertiary/aromatic N) is 8. The lowest BCUT2D eigenvalue weighted by Crippen LogP contribution is -2.41. The number of hydrogen-bond acceptors (Lipinski definition) is 17. The zero-order chi connectivity index (χ0) is 48.2. The Morgan fingerprint density at radius 1 is 1.03 bits per heavy atom. The van der Waals surface area contributed by atoms with Crippen LogP contribution in [0.2, 0.25) is 0 Å². The fourth-order valence-corrected chi connectivity index (χ4v) is 5.71. The van der Waals surface area contributed by atoms with Gasteiger partial charge in [-0.05, 0) is 85.3 Å². The number of hydrazine groups is 1. The number of unbranched alkanes of at least 4 members (excludes halogenated alkanes) is 1. The molecule has 350 valence electrons. The summed E-state index contributed by atoms with van der Waals surface area (Å²) in [7, 11) is 10.5. The van der Waals surface area contributed by atoms with Gasteiger partial charge in [0.25, 0.3) is 5.91 Å². The Kier molecular flexibility index (Phi) is 26.0. The number of aliphatic imine (C=N–C) groups is 2. The summed E-state index contributed by atoms with van der Waals surface area (Å²) in [5.41, 5.74) is 24.7. The number of hydrogen-bond donors (Lipinski definition) is 6. The smallest absolute Gasteiger partial charge is 0.270 e. The highest BCUT2D eigenvalue weighted by Crippen LogP contribution is 2.40. The quantitative estimate of drug-likeness (QED) is 0.0124. The predicted octanol–water partition coefficient (Wildman–Crippen LogP) is 3.91. The second kappa shape index (κ2) is 30.2. The number of carbonyl (C=O) groups is 4. The van der Waals surface area contributed by atoms with Crippen molar-refractivity contribution in [3.63, 3.8) is 0 Å². The Bertz CT molecular complexity index is 2190. The van der Waals surface area contributed by atoms with Crippen molar-refractivity contribution < 1.29 is 28.7 Å². The number of methoxy groups -OCH3 is 1. The van der Waals surface area contributed by atoms with Gasteiger partial charge in [-0.15, -0.1) is 0 Å². The molecule has 4 rings (SSSR count). The van der Waals surface area contributed by atoms with Crippen LogP contribution in [0.3, 0.4) is 0 Å². The number of ether oxygens (including phenoxy) is 2. The molecular weight excluding hydrogens is 821 g/mol. The second-order valence-corrected chi connectivity index (χ2v) is 13.6. The first-order valence-corrected chi connectivity index (χ1v) is 20.5. The van der Waals surface area contributed by atoms with Crippen LogP contribution in [0.25, 0.3) is 11.0 Å². The maximum absolute atomic E-state index is 13.1. The van der Waals surface area contributed by atoms with Crippen molar-refractivity contribution in [3.05, 3.63) is 71.2 Å². The Hall–Kier alpha value is -6.90. The molecule has 2 aromatic carbocycles. The highest BCUT2D eigenvalue weighted by Gasteiger charge is 2.20. The van der Waals surface area contributed by atoms with E-state index in [1.807, 2.05) is 68.5 Å². The second-order valence-electron chi connectivity index (χ2n) is 13.6. The van der Waals surface area contributed by atoms with E-state index in [0.717, 1.165) is 31.1 Å². The number of allylic oxidation sites excluding steroid dienone is 2. The molecule has 0 unspecified atom stereocenters. The van der Waals surface area contributed by atoms with Gasteiger partial charge in [0, 0.05) is 76.8 Å². The van der Waals surface area contributed by atoms with Crippen LogP contribution < -0.4 is 47.6 Å². The summed E-state index contributed by atoms with van der Waals surface area (Å²) in [4.78, 5) is 60.8. The summed E-state index contributed by atoms with van der Waals surface area (Å²) >= 11 is 0. The molecule has 0 radical (unpaired) electrons. The Morgan fingerprint density at radius 2 is 1.73 bits per heavy atom. The van der Waals surface area contributed by atoms with Crippen LogP contribution in [0.1, 0.15) is 60.2 Å². The van der Waals surface area contributed by atoms with Crippen molar-refractivity contribution in [2.45, 2.75) is 53.6 Å². The molecule has 0 aliphatic rings. The molecule has 0 atom stereocenters. The van der Waals surface area contributed by atoms with Gasteiger partial charge in [0.2, 0.25) is 5.95 Å². The molecule has 20 heteroatoms.